The van der Waals surface area contributed by atoms with Crippen molar-refractivity contribution in [3.8, 4) is 0 Å². The first-order chi connectivity index (χ1) is 16.5. The molecule has 1 atom stereocenters. The van der Waals surface area contributed by atoms with Crippen LogP contribution < -0.4 is 10.9 Å². The quantitative estimate of drug-likeness (QED) is 0.478. The van der Waals surface area contributed by atoms with E-state index in [0.717, 1.165) is 37.3 Å². The number of carbonyl (C=O) groups excluding carboxylic acids is 1. The van der Waals surface area contributed by atoms with Gasteiger partial charge in [0.25, 0.3) is 5.56 Å². The lowest BCUT2D eigenvalue weighted by Gasteiger charge is -2.22. The van der Waals surface area contributed by atoms with Crippen LogP contribution in [0.15, 0.2) is 47.4 Å². The van der Waals surface area contributed by atoms with Gasteiger partial charge in [-0.05, 0) is 75.2 Å². The summed E-state index contributed by atoms with van der Waals surface area (Å²) in [5.74, 6) is -1.95. The van der Waals surface area contributed by atoms with Gasteiger partial charge in [-0.2, -0.15) is 13.2 Å². The number of anilines is 1. The lowest BCUT2D eigenvalue weighted by molar-refractivity contribution is -0.140. The average molecular weight is 490 g/mol. The third-order valence-electron chi connectivity index (χ3n) is 6.48. The van der Waals surface area contributed by atoms with Crippen LogP contribution in [0.2, 0.25) is 0 Å². The van der Waals surface area contributed by atoms with Gasteiger partial charge in [0, 0.05) is 29.6 Å². The van der Waals surface area contributed by atoms with Gasteiger partial charge in [-0.15, -0.1) is 0 Å². The van der Waals surface area contributed by atoms with Crippen molar-refractivity contribution in [2.45, 2.75) is 45.3 Å². The predicted octanol–water partition coefficient (Wildman–Crippen LogP) is 5.31. The van der Waals surface area contributed by atoms with E-state index >= 15 is 0 Å². The molecule has 1 aliphatic heterocycles. The van der Waals surface area contributed by atoms with Gasteiger partial charge >= 0.3 is 6.18 Å². The maximum atomic E-state index is 13.9. The number of alkyl halides is 3. The highest BCUT2D eigenvalue weighted by Gasteiger charge is 2.34. The summed E-state index contributed by atoms with van der Waals surface area (Å²) >= 11 is 0. The molecule has 9 heteroatoms. The Balaban J connectivity index is 1.56. The van der Waals surface area contributed by atoms with Crippen molar-refractivity contribution in [1.29, 1.82) is 0 Å². The summed E-state index contributed by atoms with van der Waals surface area (Å²) in [5, 5.41) is 3.80. The van der Waals surface area contributed by atoms with E-state index in [1.807, 2.05) is 6.92 Å². The first-order valence-corrected chi connectivity index (χ1v) is 11.6. The Morgan fingerprint density at radius 1 is 1.09 bits per heavy atom. The van der Waals surface area contributed by atoms with Crippen molar-refractivity contribution < 1.29 is 22.4 Å². The number of halogens is 4. The van der Waals surface area contributed by atoms with Crippen molar-refractivity contribution in [3.05, 3.63) is 75.5 Å². The normalized spacial score (nSPS) is 15.5. The highest BCUT2D eigenvalue weighted by Crippen LogP contribution is 2.32. The molecule has 0 aliphatic carbocycles. The molecule has 1 aromatic heterocycles. The molecule has 3 aromatic rings. The van der Waals surface area contributed by atoms with Gasteiger partial charge in [0.2, 0.25) is 5.91 Å². The van der Waals surface area contributed by atoms with Crippen LogP contribution in [-0.2, 0) is 17.4 Å². The molecule has 1 N–H and O–H groups in total. The smallest absolute Gasteiger partial charge is 0.325 e. The van der Waals surface area contributed by atoms with Gasteiger partial charge < -0.3 is 14.8 Å². The first-order valence-electron chi connectivity index (χ1n) is 11.6. The molecular weight excluding hydrogens is 462 g/mol. The number of hydrogen-bond acceptors (Lipinski definition) is 3. The number of aromatic nitrogens is 1. The van der Waals surface area contributed by atoms with E-state index < -0.39 is 23.5 Å². The molecule has 0 saturated carbocycles. The predicted molar refractivity (Wildman–Crippen MR) is 127 cm³/mol. The molecule has 4 rings (SSSR count). The van der Waals surface area contributed by atoms with Crippen LogP contribution in [0, 0.1) is 12.7 Å². The fourth-order valence-electron chi connectivity index (χ4n) is 4.66. The minimum absolute atomic E-state index is 0.0149. The van der Waals surface area contributed by atoms with Crippen LogP contribution in [0.25, 0.3) is 10.8 Å². The minimum Gasteiger partial charge on any atom is -0.325 e. The molecule has 0 unspecified atom stereocenters. The molecule has 5 nitrogen and oxygen atoms in total. The second kappa shape index (κ2) is 9.81. The number of nitrogens with zero attached hydrogens (tertiary/aromatic N) is 2. The Bertz CT molecular complexity index is 1310. The van der Waals surface area contributed by atoms with Crippen molar-refractivity contribution in [2.75, 3.05) is 25.0 Å². The maximum absolute atomic E-state index is 13.9. The number of fused-ring (bicyclic) bond motifs is 1. The van der Waals surface area contributed by atoms with Gasteiger partial charge in [0.1, 0.15) is 5.82 Å². The van der Waals surface area contributed by atoms with Gasteiger partial charge in [-0.3, -0.25) is 9.59 Å². The van der Waals surface area contributed by atoms with Crippen LogP contribution in [0.3, 0.4) is 0 Å². The van der Waals surface area contributed by atoms with Crippen LogP contribution in [0.1, 0.15) is 42.5 Å². The van der Waals surface area contributed by atoms with E-state index in [0.29, 0.717) is 22.5 Å². The number of rotatable bonds is 6. The molecular formula is C26H27F4N3O2. The Morgan fingerprint density at radius 2 is 1.80 bits per heavy atom. The molecule has 2 aromatic carbocycles. The maximum Gasteiger partial charge on any atom is 0.419 e. The summed E-state index contributed by atoms with van der Waals surface area (Å²) < 4.78 is 53.9. The van der Waals surface area contributed by atoms with Crippen molar-refractivity contribution in [2.24, 2.45) is 0 Å². The zero-order chi connectivity index (χ0) is 25.3. The summed E-state index contributed by atoms with van der Waals surface area (Å²) in [5.41, 5.74) is -0.233. The first kappa shape index (κ1) is 24.9. The van der Waals surface area contributed by atoms with Crippen molar-refractivity contribution >= 4 is 22.4 Å². The number of likely N-dealkylation sites (tertiary alicyclic amines) is 1. The fraction of sp³-hybridized carbons (Fsp3) is 0.385. The number of pyridine rings is 1. The molecule has 186 valence electrons. The SMILES string of the molecule is Cc1ccc2c(=O)n([C@H](C)CN3CCCC3)ccc2c1NC(=O)Cc1ccc(C(F)(F)F)c(F)c1. The lowest BCUT2D eigenvalue weighted by atomic mass is 10.0. The third-order valence-corrected chi connectivity index (χ3v) is 6.48. The summed E-state index contributed by atoms with van der Waals surface area (Å²) in [6, 6.07) is 7.68. The van der Waals surface area contributed by atoms with Crippen molar-refractivity contribution in [1.82, 2.24) is 9.47 Å². The molecule has 0 radical (unpaired) electrons. The summed E-state index contributed by atoms with van der Waals surface area (Å²) in [6.45, 7) is 6.64. The second-order valence-electron chi connectivity index (χ2n) is 9.14. The molecule has 2 heterocycles. The van der Waals surface area contributed by atoms with E-state index in [1.54, 1.807) is 35.9 Å². The standard InChI is InChI=1S/C26H27F4N3O2/c1-16-5-7-20-19(9-12-33(25(20)35)17(2)15-32-10-3-4-11-32)24(16)31-23(34)14-18-6-8-21(22(27)13-18)26(28,29)30/h5-9,12-13,17H,3-4,10-11,14-15H2,1-2H3,(H,31,34)/t17-/m1/s1. The molecule has 35 heavy (non-hydrogen) atoms. The topological polar surface area (TPSA) is 54.3 Å². The average Bonchev–Trinajstić information content (AvgIpc) is 3.28. The molecule has 0 bridgehead atoms. The number of carbonyl (C=O) groups is 1. The Kier molecular flexibility index (Phi) is 6.98. The highest BCUT2D eigenvalue weighted by molar-refractivity contribution is 6.03. The monoisotopic (exact) mass is 489 g/mol. The minimum atomic E-state index is -4.80. The van der Waals surface area contributed by atoms with E-state index in [-0.39, 0.29) is 23.6 Å². The van der Waals surface area contributed by atoms with Crippen LogP contribution >= 0.6 is 0 Å². The third kappa shape index (κ3) is 5.40. The Morgan fingerprint density at radius 3 is 2.46 bits per heavy atom. The van der Waals surface area contributed by atoms with E-state index in [9.17, 15) is 27.2 Å². The lowest BCUT2D eigenvalue weighted by Crippen LogP contribution is -2.32. The van der Waals surface area contributed by atoms with E-state index in [1.165, 1.54) is 12.8 Å². The molecule has 1 saturated heterocycles. The summed E-state index contributed by atoms with van der Waals surface area (Å²) in [4.78, 5) is 28.3. The summed E-state index contributed by atoms with van der Waals surface area (Å²) in [6.07, 6.45) is -1.05. The molecule has 0 spiro atoms. The number of amides is 1. The fourth-order valence-corrected chi connectivity index (χ4v) is 4.66. The highest BCUT2D eigenvalue weighted by atomic mass is 19.4. The Hall–Kier alpha value is -3.20. The van der Waals surface area contributed by atoms with Gasteiger partial charge in [-0.25, -0.2) is 4.39 Å². The van der Waals surface area contributed by atoms with Crippen LogP contribution in [-0.4, -0.2) is 35.0 Å². The van der Waals surface area contributed by atoms with Crippen LogP contribution in [0.4, 0.5) is 23.2 Å². The van der Waals surface area contributed by atoms with Gasteiger partial charge in [-0.1, -0.05) is 12.1 Å². The van der Waals surface area contributed by atoms with Crippen molar-refractivity contribution in [3.63, 3.8) is 0 Å². The van der Waals surface area contributed by atoms with Crippen LogP contribution in [0.5, 0.6) is 0 Å². The number of aryl methyl sites for hydroxylation is 1. The largest absolute Gasteiger partial charge is 0.419 e. The zero-order valence-corrected chi connectivity index (χ0v) is 19.6. The molecule has 1 fully saturated rings. The Labute approximate surface area is 200 Å². The summed E-state index contributed by atoms with van der Waals surface area (Å²) in [7, 11) is 0. The van der Waals surface area contributed by atoms with Gasteiger partial charge in [0.15, 0.2) is 0 Å². The molecule has 1 amide bonds. The number of benzene rings is 2. The van der Waals surface area contributed by atoms with E-state index in [2.05, 4.69) is 10.2 Å². The number of nitrogens with one attached hydrogen (secondary N) is 1. The number of hydrogen-bond donors (Lipinski definition) is 1. The van der Waals surface area contributed by atoms with Gasteiger partial charge in [0.05, 0.1) is 17.7 Å². The second-order valence-corrected chi connectivity index (χ2v) is 9.14. The van der Waals surface area contributed by atoms with E-state index in [4.69, 9.17) is 0 Å². The zero-order valence-electron chi connectivity index (χ0n) is 19.6. The molecule has 1 aliphatic rings.